The molecule has 0 aliphatic carbocycles. The van der Waals surface area contributed by atoms with Gasteiger partial charge in [-0.15, -0.1) is 0 Å². The molecule has 3 heteroatoms. The van der Waals surface area contributed by atoms with Crippen molar-refractivity contribution in [3.8, 4) is 0 Å². The minimum Gasteiger partial charge on any atom is -0.280 e. The zero-order valence-corrected chi connectivity index (χ0v) is 10.8. The molecule has 0 aromatic rings. The Bertz CT molecular complexity index is 273. The monoisotopic (exact) mass is 225 g/mol. The summed E-state index contributed by atoms with van der Waals surface area (Å²) in [5, 5.41) is 0. The van der Waals surface area contributed by atoms with Crippen molar-refractivity contribution in [1.29, 1.82) is 0 Å². The molecule has 0 aromatic heterocycles. The number of carbonyl (C=O) groups excluding carboxylic acids is 2. The van der Waals surface area contributed by atoms with Crippen molar-refractivity contribution < 1.29 is 9.59 Å². The van der Waals surface area contributed by atoms with Gasteiger partial charge in [-0.05, 0) is 19.3 Å². The Morgan fingerprint density at radius 1 is 1.31 bits per heavy atom. The maximum Gasteiger partial charge on any atom is 0.233 e. The van der Waals surface area contributed by atoms with Crippen molar-refractivity contribution in [2.24, 2.45) is 11.8 Å². The van der Waals surface area contributed by atoms with Gasteiger partial charge in [0.25, 0.3) is 0 Å². The van der Waals surface area contributed by atoms with Gasteiger partial charge in [0.15, 0.2) is 0 Å². The molecule has 1 rings (SSSR count). The smallest absolute Gasteiger partial charge is 0.233 e. The lowest BCUT2D eigenvalue weighted by Crippen LogP contribution is -2.39. The molecule has 92 valence electrons. The van der Waals surface area contributed by atoms with Gasteiger partial charge < -0.3 is 0 Å². The van der Waals surface area contributed by atoms with Crippen molar-refractivity contribution >= 4 is 11.8 Å². The van der Waals surface area contributed by atoms with Crippen LogP contribution in [0.25, 0.3) is 0 Å². The summed E-state index contributed by atoms with van der Waals surface area (Å²) in [5.74, 6) is 0.243. The minimum atomic E-state index is -0.0865. The lowest BCUT2D eigenvalue weighted by molar-refractivity contribution is -0.142. The predicted octanol–water partition coefficient (Wildman–Crippen LogP) is 2.60. The summed E-state index contributed by atoms with van der Waals surface area (Å²) in [6, 6.07) is 0.0729. The van der Waals surface area contributed by atoms with Gasteiger partial charge in [-0.3, -0.25) is 14.5 Å². The van der Waals surface area contributed by atoms with Crippen molar-refractivity contribution in [3.05, 3.63) is 0 Å². The van der Waals surface area contributed by atoms with Gasteiger partial charge in [-0.2, -0.15) is 0 Å². The molecule has 1 fully saturated rings. The highest BCUT2D eigenvalue weighted by Crippen LogP contribution is 2.28. The topological polar surface area (TPSA) is 37.4 Å². The van der Waals surface area contributed by atoms with Gasteiger partial charge in [-0.25, -0.2) is 0 Å². The lowest BCUT2D eigenvalue weighted by atomic mass is 9.94. The molecule has 1 heterocycles. The van der Waals surface area contributed by atoms with E-state index in [0.717, 1.165) is 19.3 Å². The molecule has 3 nitrogen and oxygen atoms in total. The summed E-state index contributed by atoms with van der Waals surface area (Å²) < 4.78 is 0. The first-order valence-corrected chi connectivity index (χ1v) is 6.34. The van der Waals surface area contributed by atoms with Crippen LogP contribution in [-0.2, 0) is 9.59 Å². The van der Waals surface area contributed by atoms with Gasteiger partial charge in [-0.1, -0.05) is 33.6 Å². The maximum atomic E-state index is 12.1. The fourth-order valence-electron chi connectivity index (χ4n) is 2.29. The average Bonchev–Trinajstić information content (AvgIpc) is 2.51. The Morgan fingerprint density at radius 3 is 2.38 bits per heavy atom. The Balaban J connectivity index is 2.67. The van der Waals surface area contributed by atoms with E-state index in [9.17, 15) is 9.59 Å². The van der Waals surface area contributed by atoms with Crippen LogP contribution in [0.4, 0.5) is 0 Å². The zero-order chi connectivity index (χ0) is 12.3. The SMILES string of the molecule is CCCCC(C)N1C(=O)CC(C(C)C)C1=O. The molecule has 2 unspecified atom stereocenters. The number of rotatable bonds is 5. The van der Waals surface area contributed by atoms with E-state index in [4.69, 9.17) is 0 Å². The average molecular weight is 225 g/mol. The van der Waals surface area contributed by atoms with E-state index in [1.165, 1.54) is 4.90 Å². The zero-order valence-electron chi connectivity index (χ0n) is 10.8. The molecule has 1 aliphatic heterocycles. The summed E-state index contributed by atoms with van der Waals surface area (Å²) >= 11 is 0. The van der Waals surface area contributed by atoms with E-state index >= 15 is 0 Å². The van der Waals surface area contributed by atoms with E-state index < -0.39 is 0 Å². The first-order chi connectivity index (χ1) is 7.49. The second-order valence-electron chi connectivity index (χ2n) is 5.15. The van der Waals surface area contributed by atoms with Crippen LogP contribution in [0.3, 0.4) is 0 Å². The largest absolute Gasteiger partial charge is 0.280 e. The van der Waals surface area contributed by atoms with E-state index in [0.29, 0.717) is 6.42 Å². The normalized spacial score (nSPS) is 23.3. The molecule has 0 spiro atoms. The number of likely N-dealkylation sites (tertiary alicyclic amines) is 1. The molecule has 1 aliphatic rings. The van der Waals surface area contributed by atoms with Gasteiger partial charge >= 0.3 is 0 Å². The highest BCUT2D eigenvalue weighted by Gasteiger charge is 2.41. The van der Waals surface area contributed by atoms with Crippen molar-refractivity contribution in [1.82, 2.24) is 4.90 Å². The molecule has 1 saturated heterocycles. The first-order valence-electron chi connectivity index (χ1n) is 6.34. The summed E-state index contributed by atoms with van der Waals surface area (Å²) in [7, 11) is 0. The van der Waals surface area contributed by atoms with Gasteiger partial charge in [0.1, 0.15) is 0 Å². The summed E-state index contributed by atoms with van der Waals surface area (Å²) in [4.78, 5) is 25.4. The van der Waals surface area contributed by atoms with Crippen molar-refractivity contribution in [2.75, 3.05) is 0 Å². The number of amides is 2. The van der Waals surface area contributed by atoms with Crippen LogP contribution >= 0.6 is 0 Å². The number of hydrogen-bond acceptors (Lipinski definition) is 2. The summed E-state index contributed by atoms with van der Waals surface area (Å²) in [6.07, 6.45) is 3.52. The van der Waals surface area contributed by atoms with E-state index in [1.54, 1.807) is 0 Å². The Labute approximate surface area is 98.2 Å². The molecule has 0 bridgehead atoms. The third-order valence-corrected chi connectivity index (χ3v) is 3.44. The van der Waals surface area contributed by atoms with E-state index in [-0.39, 0.29) is 29.7 Å². The van der Waals surface area contributed by atoms with E-state index in [1.807, 2.05) is 20.8 Å². The molecule has 2 amide bonds. The van der Waals surface area contributed by atoms with Crippen LogP contribution in [-0.4, -0.2) is 22.8 Å². The molecular weight excluding hydrogens is 202 g/mol. The van der Waals surface area contributed by atoms with Crippen LogP contribution in [0.5, 0.6) is 0 Å². The molecule has 0 saturated carbocycles. The number of hydrogen-bond donors (Lipinski definition) is 0. The third kappa shape index (κ3) is 2.63. The maximum absolute atomic E-state index is 12.1. The number of unbranched alkanes of at least 4 members (excludes halogenated alkanes) is 1. The Kier molecular flexibility index (Phi) is 4.51. The van der Waals surface area contributed by atoms with E-state index in [2.05, 4.69) is 6.92 Å². The first kappa shape index (κ1) is 13.2. The molecule has 0 aromatic carbocycles. The van der Waals surface area contributed by atoms with Gasteiger partial charge in [0.05, 0.1) is 0 Å². The highest BCUT2D eigenvalue weighted by atomic mass is 16.2. The molecule has 2 atom stereocenters. The van der Waals surface area contributed by atoms with Crippen LogP contribution in [0, 0.1) is 11.8 Å². The quantitative estimate of drug-likeness (QED) is 0.674. The number of imide groups is 1. The number of nitrogens with zero attached hydrogens (tertiary/aromatic N) is 1. The second-order valence-corrected chi connectivity index (χ2v) is 5.15. The molecule has 0 N–H and O–H groups in total. The lowest BCUT2D eigenvalue weighted by Gasteiger charge is -2.23. The Morgan fingerprint density at radius 2 is 1.94 bits per heavy atom. The number of carbonyl (C=O) groups is 2. The van der Waals surface area contributed by atoms with Crippen molar-refractivity contribution in [3.63, 3.8) is 0 Å². The van der Waals surface area contributed by atoms with Crippen LogP contribution in [0.2, 0.25) is 0 Å². The predicted molar refractivity (Wildman–Crippen MR) is 63.8 cm³/mol. The second kappa shape index (κ2) is 5.46. The summed E-state index contributed by atoms with van der Waals surface area (Å²) in [5.41, 5.74) is 0. The third-order valence-electron chi connectivity index (χ3n) is 3.44. The minimum absolute atomic E-state index is 0.0207. The fraction of sp³-hybridized carbons (Fsp3) is 0.846. The standard InChI is InChI=1S/C13H23NO2/c1-5-6-7-10(4)14-12(15)8-11(9(2)3)13(14)16/h9-11H,5-8H2,1-4H3. The Hall–Kier alpha value is -0.860. The van der Waals surface area contributed by atoms with Gasteiger partial charge in [0.2, 0.25) is 11.8 Å². The van der Waals surface area contributed by atoms with Crippen LogP contribution < -0.4 is 0 Å². The molecule has 16 heavy (non-hydrogen) atoms. The fourth-order valence-corrected chi connectivity index (χ4v) is 2.29. The highest BCUT2D eigenvalue weighted by molar-refractivity contribution is 6.03. The molecular formula is C13H23NO2. The van der Waals surface area contributed by atoms with Crippen molar-refractivity contribution in [2.45, 2.75) is 59.4 Å². The van der Waals surface area contributed by atoms with Crippen LogP contribution in [0.1, 0.15) is 53.4 Å². The van der Waals surface area contributed by atoms with Crippen LogP contribution in [0.15, 0.2) is 0 Å². The van der Waals surface area contributed by atoms with Gasteiger partial charge in [0, 0.05) is 18.4 Å². The summed E-state index contributed by atoms with van der Waals surface area (Å²) in [6.45, 7) is 8.12. The molecule has 0 radical (unpaired) electrons.